The lowest BCUT2D eigenvalue weighted by atomic mass is 10.2. The fourth-order valence-corrected chi connectivity index (χ4v) is 2.00. The van der Waals surface area contributed by atoms with Gasteiger partial charge in [-0.3, -0.25) is 0 Å². The van der Waals surface area contributed by atoms with Crippen molar-refractivity contribution in [2.45, 2.75) is 0 Å². The fraction of sp³-hybridized carbons (Fsp3) is 0. The van der Waals surface area contributed by atoms with E-state index >= 15 is 0 Å². The number of hydrogen-bond acceptors (Lipinski definition) is 4. The molecule has 3 N–H and O–H groups in total. The minimum atomic E-state index is 0.535. The largest absolute Gasteiger partial charge is 0.308 e. The molecule has 2 rings (SSSR count). The predicted octanol–water partition coefficient (Wildman–Crippen LogP) is 2.85. The zero-order chi connectivity index (χ0) is 11.5. The number of nitrogens with one attached hydrogen (secondary N) is 1. The predicted molar refractivity (Wildman–Crippen MR) is 68.0 cm³/mol. The van der Waals surface area contributed by atoms with Gasteiger partial charge in [-0.25, -0.2) is 15.8 Å². The number of hydrazine groups is 1. The standard InChI is InChI=1S/C10H8BrClN4/c11-6-1-2-7(8(12)5-6)10-14-4-3-9(15-10)16-13/h1-5H,13H2,(H,14,15,16). The zero-order valence-electron chi connectivity index (χ0n) is 8.11. The fourth-order valence-electron chi connectivity index (χ4n) is 1.24. The number of nitrogens with zero attached hydrogens (tertiary/aromatic N) is 2. The van der Waals surface area contributed by atoms with Gasteiger partial charge in [0.15, 0.2) is 5.82 Å². The van der Waals surface area contributed by atoms with Gasteiger partial charge in [0.2, 0.25) is 0 Å². The van der Waals surface area contributed by atoms with Crippen LogP contribution in [0.25, 0.3) is 11.4 Å². The van der Waals surface area contributed by atoms with Gasteiger partial charge in [0.1, 0.15) is 5.82 Å². The van der Waals surface area contributed by atoms with Gasteiger partial charge < -0.3 is 5.43 Å². The summed E-state index contributed by atoms with van der Waals surface area (Å²) in [5, 5.41) is 0.587. The SMILES string of the molecule is NNc1ccnc(-c2ccc(Br)cc2Cl)n1. The summed E-state index contributed by atoms with van der Waals surface area (Å²) in [5.74, 6) is 6.36. The molecular formula is C10H8BrClN4. The molecule has 0 aliphatic rings. The second-order valence-corrected chi connectivity index (χ2v) is 4.36. The van der Waals surface area contributed by atoms with Crippen LogP contribution >= 0.6 is 27.5 Å². The summed E-state index contributed by atoms with van der Waals surface area (Å²) in [5.41, 5.74) is 3.23. The lowest BCUT2D eigenvalue weighted by Crippen LogP contribution is -2.09. The lowest BCUT2D eigenvalue weighted by molar-refractivity contribution is 1.14. The van der Waals surface area contributed by atoms with Gasteiger partial charge in [-0.1, -0.05) is 27.5 Å². The number of halogens is 2. The van der Waals surface area contributed by atoms with Crippen molar-refractivity contribution in [1.82, 2.24) is 9.97 Å². The summed E-state index contributed by atoms with van der Waals surface area (Å²) in [7, 11) is 0. The molecule has 0 unspecified atom stereocenters. The van der Waals surface area contributed by atoms with Crippen molar-refractivity contribution >= 4 is 33.3 Å². The van der Waals surface area contributed by atoms with E-state index in [1.54, 1.807) is 18.3 Å². The van der Waals surface area contributed by atoms with Gasteiger partial charge in [0.25, 0.3) is 0 Å². The van der Waals surface area contributed by atoms with Crippen LogP contribution in [-0.2, 0) is 0 Å². The minimum absolute atomic E-state index is 0.535. The average molecular weight is 300 g/mol. The Morgan fingerprint density at radius 1 is 1.31 bits per heavy atom. The quantitative estimate of drug-likeness (QED) is 0.661. The third-order valence-corrected chi connectivity index (χ3v) is 2.78. The number of nitrogen functional groups attached to an aromatic ring is 1. The number of benzene rings is 1. The molecular weight excluding hydrogens is 291 g/mol. The minimum Gasteiger partial charge on any atom is -0.308 e. The van der Waals surface area contributed by atoms with Crippen molar-refractivity contribution in [3.05, 3.63) is 40.0 Å². The van der Waals surface area contributed by atoms with Crippen LogP contribution in [0.1, 0.15) is 0 Å². The summed E-state index contributed by atoms with van der Waals surface area (Å²) in [6.45, 7) is 0. The van der Waals surface area contributed by atoms with E-state index in [1.807, 2.05) is 12.1 Å². The van der Waals surface area contributed by atoms with Gasteiger partial charge in [-0.2, -0.15) is 0 Å². The molecule has 0 fully saturated rings. The van der Waals surface area contributed by atoms with E-state index < -0.39 is 0 Å². The number of anilines is 1. The molecule has 0 saturated carbocycles. The first-order valence-corrected chi connectivity index (χ1v) is 5.63. The van der Waals surface area contributed by atoms with E-state index in [4.69, 9.17) is 17.4 Å². The number of rotatable bonds is 2. The molecule has 4 nitrogen and oxygen atoms in total. The molecule has 1 aromatic heterocycles. The van der Waals surface area contributed by atoms with E-state index in [0.29, 0.717) is 16.7 Å². The van der Waals surface area contributed by atoms with Gasteiger partial charge in [-0.15, -0.1) is 0 Å². The Hall–Kier alpha value is -1.17. The van der Waals surface area contributed by atoms with E-state index in [0.717, 1.165) is 10.0 Å². The smallest absolute Gasteiger partial charge is 0.163 e. The Morgan fingerprint density at radius 3 is 2.81 bits per heavy atom. The van der Waals surface area contributed by atoms with Crippen LogP contribution in [0.4, 0.5) is 5.82 Å². The molecule has 0 saturated heterocycles. The molecule has 0 spiro atoms. The highest BCUT2D eigenvalue weighted by atomic mass is 79.9. The van der Waals surface area contributed by atoms with E-state index in [9.17, 15) is 0 Å². The van der Waals surface area contributed by atoms with Gasteiger partial charge in [0, 0.05) is 22.3 Å². The normalized spacial score (nSPS) is 10.2. The molecule has 82 valence electrons. The molecule has 1 aromatic carbocycles. The Bertz CT molecular complexity index is 518. The highest BCUT2D eigenvalue weighted by Gasteiger charge is 2.07. The van der Waals surface area contributed by atoms with Gasteiger partial charge in [0.05, 0.1) is 5.02 Å². The van der Waals surface area contributed by atoms with E-state index in [2.05, 4.69) is 31.3 Å². The van der Waals surface area contributed by atoms with E-state index in [-0.39, 0.29) is 0 Å². The van der Waals surface area contributed by atoms with Crippen LogP contribution in [-0.4, -0.2) is 9.97 Å². The summed E-state index contributed by atoms with van der Waals surface area (Å²) < 4.78 is 0.911. The van der Waals surface area contributed by atoms with Crippen molar-refractivity contribution in [3.8, 4) is 11.4 Å². The van der Waals surface area contributed by atoms with Crippen LogP contribution in [0, 0.1) is 0 Å². The average Bonchev–Trinajstić information content (AvgIpc) is 2.29. The maximum Gasteiger partial charge on any atom is 0.163 e. The molecule has 0 aliphatic heterocycles. The Labute approximate surface area is 106 Å². The maximum absolute atomic E-state index is 6.10. The van der Waals surface area contributed by atoms with Crippen LogP contribution < -0.4 is 11.3 Å². The monoisotopic (exact) mass is 298 g/mol. The van der Waals surface area contributed by atoms with E-state index in [1.165, 1.54) is 0 Å². The molecule has 1 heterocycles. The van der Waals surface area contributed by atoms with Crippen LogP contribution in [0.15, 0.2) is 34.9 Å². The van der Waals surface area contributed by atoms with Crippen LogP contribution in [0.5, 0.6) is 0 Å². The van der Waals surface area contributed by atoms with Crippen molar-refractivity contribution in [2.75, 3.05) is 5.43 Å². The van der Waals surface area contributed by atoms with Crippen molar-refractivity contribution in [3.63, 3.8) is 0 Å². The number of nitrogens with two attached hydrogens (primary N) is 1. The van der Waals surface area contributed by atoms with Crippen molar-refractivity contribution in [2.24, 2.45) is 5.84 Å². The molecule has 0 bridgehead atoms. The van der Waals surface area contributed by atoms with Crippen LogP contribution in [0.3, 0.4) is 0 Å². The third-order valence-electron chi connectivity index (χ3n) is 1.98. The van der Waals surface area contributed by atoms with Crippen molar-refractivity contribution < 1.29 is 0 Å². The lowest BCUT2D eigenvalue weighted by Gasteiger charge is -2.05. The highest BCUT2D eigenvalue weighted by molar-refractivity contribution is 9.10. The first-order valence-electron chi connectivity index (χ1n) is 4.46. The summed E-state index contributed by atoms with van der Waals surface area (Å²) in [6.07, 6.45) is 1.62. The third kappa shape index (κ3) is 2.32. The summed E-state index contributed by atoms with van der Waals surface area (Å²) in [6, 6.07) is 7.20. The zero-order valence-corrected chi connectivity index (χ0v) is 10.5. The first kappa shape index (κ1) is 11.3. The first-order chi connectivity index (χ1) is 7.70. The second kappa shape index (κ2) is 4.78. The molecule has 16 heavy (non-hydrogen) atoms. The van der Waals surface area contributed by atoms with Gasteiger partial charge in [-0.05, 0) is 18.2 Å². The Morgan fingerprint density at radius 2 is 2.12 bits per heavy atom. The maximum atomic E-state index is 6.10. The molecule has 0 amide bonds. The Kier molecular flexibility index (Phi) is 3.38. The molecule has 0 atom stereocenters. The summed E-state index contributed by atoms with van der Waals surface area (Å²) >= 11 is 9.44. The molecule has 0 radical (unpaired) electrons. The van der Waals surface area contributed by atoms with Gasteiger partial charge >= 0.3 is 0 Å². The number of aromatic nitrogens is 2. The summed E-state index contributed by atoms with van der Waals surface area (Å²) in [4.78, 5) is 8.35. The molecule has 6 heteroatoms. The molecule has 2 aromatic rings. The van der Waals surface area contributed by atoms with Crippen molar-refractivity contribution in [1.29, 1.82) is 0 Å². The van der Waals surface area contributed by atoms with Crippen LogP contribution in [0.2, 0.25) is 5.02 Å². The second-order valence-electron chi connectivity index (χ2n) is 3.03. The Balaban J connectivity index is 2.49. The molecule has 0 aliphatic carbocycles. The highest BCUT2D eigenvalue weighted by Crippen LogP contribution is 2.28. The topological polar surface area (TPSA) is 63.8 Å². The number of hydrogen-bond donors (Lipinski definition) is 2.